The predicted octanol–water partition coefficient (Wildman–Crippen LogP) is -1.51. The third-order valence-electron chi connectivity index (χ3n) is 2.78. The zero-order valence-electron chi connectivity index (χ0n) is 13.8. The summed E-state index contributed by atoms with van der Waals surface area (Å²) < 4.78 is 0. The molecule has 0 aromatic heterocycles. The van der Waals surface area contributed by atoms with Gasteiger partial charge >= 0.3 is 5.97 Å². The quantitative estimate of drug-likeness (QED) is 0.300. The minimum absolute atomic E-state index is 0.433. The highest BCUT2D eigenvalue weighted by Crippen LogP contribution is 2.12. The molecule has 0 bridgehead atoms. The summed E-state index contributed by atoms with van der Waals surface area (Å²) in [6, 6.07) is 0. The molecule has 0 aromatic carbocycles. The van der Waals surface area contributed by atoms with Gasteiger partial charge in [-0.15, -0.1) is 0 Å². The van der Waals surface area contributed by atoms with Crippen molar-refractivity contribution in [3.8, 4) is 0 Å². The summed E-state index contributed by atoms with van der Waals surface area (Å²) >= 11 is 0. The van der Waals surface area contributed by atoms with E-state index < -0.39 is 42.9 Å². The molecule has 22 heavy (non-hydrogen) atoms. The fourth-order valence-corrected chi connectivity index (χ4v) is 1.53. The second-order valence-corrected chi connectivity index (χ2v) is 5.95. The Morgan fingerprint density at radius 3 is 1.27 bits per heavy atom. The lowest BCUT2D eigenvalue weighted by Gasteiger charge is -2.25. The van der Waals surface area contributed by atoms with E-state index in [4.69, 9.17) is 30.6 Å². The van der Waals surface area contributed by atoms with Gasteiger partial charge < -0.3 is 30.6 Å². The van der Waals surface area contributed by atoms with Crippen molar-refractivity contribution >= 4 is 5.97 Å². The Bertz CT molecular complexity index is 267. The monoisotopic (exact) mass is 325 g/mol. The van der Waals surface area contributed by atoms with Crippen molar-refractivity contribution < 1.29 is 35.4 Å². The summed E-state index contributed by atoms with van der Waals surface area (Å²) in [5, 5.41) is 52.6. The SMILES string of the molecule is CC(CO)(CO)C(=O)O.CC(O)CN(CC(C)O)CC(C)O. The average Bonchev–Trinajstić information content (AvgIpc) is 2.35. The van der Waals surface area contributed by atoms with E-state index in [0.29, 0.717) is 19.6 Å². The van der Waals surface area contributed by atoms with Gasteiger partial charge in [-0.2, -0.15) is 0 Å². The number of rotatable bonds is 9. The molecule has 0 heterocycles. The Balaban J connectivity index is 0. The van der Waals surface area contributed by atoms with E-state index in [-0.39, 0.29) is 0 Å². The Hall–Kier alpha value is -0.770. The van der Waals surface area contributed by atoms with Crippen LogP contribution >= 0.6 is 0 Å². The smallest absolute Gasteiger partial charge is 0.314 e. The van der Waals surface area contributed by atoms with E-state index in [2.05, 4.69) is 0 Å². The molecule has 0 aliphatic carbocycles. The van der Waals surface area contributed by atoms with Crippen molar-refractivity contribution in [2.45, 2.75) is 46.0 Å². The highest BCUT2D eigenvalue weighted by Gasteiger charge is 2.31. The van der Waals surface area contributed by atoms with Gasteiger partial charge in [-0.25, -0.2) is 0 Å². The van der Waals surface area contributed by atoms with Crippen LogP contribution in [0.5, 0.6) is 0 Å². The zero-order chi connectivity index (χ0) is 17.9. The first-order valence-corrected chi connectivity index (χ1v) is 7.20. The molecule has 0 spiro atoms. The summed E-state index contributed by atoms with van der Waals surface area (Å²) in [5.74, 6) is -1.19. The van der Waals surface area contributed by atoms with Gasteiger partial charge in [0.25, 0.3) is 0 Å². The predicted molar refractivity (Wildman–Crippen MR) is 81.4 cm³/mol. The van der Waals surface area contributed by atoms with Crippen LogP contribution in [0.2, 0.25) is 0 Å². The summed E-state index contributed by atoms with van der Waals surface area (Å²) in [6.45, 7) is 6.71. The van der Waals surface area contributed by atoms with Crippen LogP contribution in [0.3, 0.4) is 0 Å². The Morgan fingerprint density at radius 2 is 1.18 bits per heavy atom. The summed E-state index contributed by atoms with van der Waals surface area (Å²) in [4.78, 5) is 12.0. The van der Waals surface area contributed by atoms with Gasteiger partial charge in [0.15, 0.2) is 0 Å². The van der Waals surface area contributed by atoms with E-state index >= 15 is 0 Å². The van der Waals surface area contributed by atoms with Crippen molar-refractivity contribution in [3.63, 3.8) is 0 Å². The van der Waals surface area contributed by atoms with Crippen LogP contribution in [0.15, 0.2) is 0 Å². The van der Waals surface area contributed by atoms with Crippen LogP contribution in [0.1, 0.15) is 27.7 Å². The van der Waals surface area contributed by atoms with E-state index in [1.807, 2.05) is 4.90 Å². The molecular weight excluding hydrogens is 294 g/mol. The number of aliphatic carboxylic acids is 1. The van der Waals surface area contributed by atoms with Crippen molar-refractivity contribution in [1.82, 2.24) is 4.90 Å². The molecule has 0 radical (unpaired) electrons. The largest absolute Gasteiger partial charge is 0.481 e. The number of hydrogen-bond acceptors (Lipinski definition) is 7. The first-order chi connectivity index (χ1) is 9.98. The molecule has 8 nitrogen and oxygen atoms in total. The zero-order valence-corrected chi connectivity index (χ0v) is 13.8. The standard InChI is InChI=1S/C9H21NO3.C5H10O4/c1-7(11)4-10(5-8(2)12)6-9(3)13;1-5(2-6,3-7)4(8)9/h7-9,11-13H,4-6H2,1-3H3;6-7H,2-3H2,1H3,(H,8,9). The number of carbonyl (C=O) groups is 1. The number of carboxylic acid groups (broad SMARTS) is 1. The van der Waals surface area contributed by atoms with Crippen LogP contribution in [-0.2, 0) is 4.79 Å². The highest BCUT2D eigenvalue weighted by atomic mass is 16.4. The molecule has 6 N–H and O–H groups in total. The van der Waals surface area contributed by atoms with Crippen LogP contribution in [0.25, 0.3) is 0 Å². The van der Waals surface area contributed by atoms with Crippen LogP contribution in [0.4, 0.5) is 0 Å². The lowest BCUT2D eigenvalue weighted by atomic mass is 9.94. The van der Waals surface area contributed by atoms with E-state index in [1.165, 1.54) is 6.92 Å². The molecule has 0 aliphatic rings. The molecule has 0 amide bonds. The van der Waals surface area contributed by atoms with Gasteiger partial charge in [0.2, 0.25) is 0 Å². The molecule has 134 valence electrons. The second-order valence-electron chi connectivity index (χ2n) is 5.95. The molecule has 8 heteroatoms. The third kappa shape index (κ3) is 11.8. The maximum Gasteiger partial charge on any atom is 0.314 e. The minimum atomic E-state index is -1.39. The van der Waals surface area contributed by atoms with Gasteiger partial charge in [0, 0.05) is 19.6 Å². The van der Waals surface area contributed by atoms with E-state index in [9.17, 15) is 4.79 Å². The van der Waals surface area contributed by atoms with Crippen LogP contribution in [-0.4, -0.2) is 92.7 Å². The molecule has 0 saturated carbocycles. The first kappa shape index (κ1) is 23.5. The van der Waals surface area contributed by atoms with Gasteiger partial charge in [-0.1, -0.05) is 0 Å². The van der Waals surface area contributed by atoms with E-state index in [1.54, 1.807) is 20.8 Å². The third-order valence-corrected chi connectivity index (χ3v) is 2.78. The highest BCUT2D eigenvalue weighted by molar-refractivity contribution is 5.74. The Labute approximate surface area is 131 Å². The fourth-order valence-electron chi connectivity index (χ4n) is 1.53. The summed E-state index contributed by atoms with van der Waals surface area (Å²) in [6.07, 6.45) is -1.30. The number of hydrogen-bond donors (Lipinski definition) is 6. The maximum absolute atomic E-state index is 10.2. The fraction of sp³-hybridized carbons (Fsp3) is 0.929. The number of nitrogens with zero attached hydrogens (tertiary/aromatic N) is 1. The van der Waals surface area contributed by atoms with Gasteiger partial charge in [-0.3, -0.25) is 9.69 Å². The Kier molecular flexibility index (Phi) is 12.6. The van der Waals surface area contributed by atoms with Crippen molar-refractivity contribution in [2.75, 3.05) is 32.8 Å². The lowest BCUT2D eigenvalue weighted by molar-refractivity contribution is -0.152. The normalized spacial score (nSPS) is 15.7. The molecular formula is C14H31NO7. The molecule has 0 saturated heterocycles. The maximum atomic E-state index is 10.2. The van der Waals surface area contributed by atoms with Crippen LogP contribution < -0.4 is 0 Å². The topological polar surface area (TPSA) is 142 Å². The minimum Gasteiger partial charge on any atom is -0.481 e. The first-order valence-electron chi connectivity index (χ1n) is 7.20. The summed E-state index contributed by atoms with van der Waals surface area (Å²) in [5.41, 5.74) is -1.39. The molecule has 0 rings (SSSR count). The molecule has 3 unspecified atom stereocenters. The number of aliphatic hydroxyl groups is 5. The van der Waals surface area contributed by atoms with Crippen molar-refractivity contribution in [3.05, 3.63) is 0 Å². The Morgan fingerprint density at radius 1 is 0.909 bits per heavy atom. The number of aliphatic hydroxyl groups excluding tert-OH is 5. The van der Waals surface area contributed by atoms with Crippen molar-refractivity contribution in [2.24, 2.45) is 5.41 Å². The average molecular weight is 325 g/mol. The second kappa shape index (κ2) is 11.8. The van der Waals surface area contributed by atoms with Gasteiger partial charge in [0.05, 0.1) is 31.5 Å². The number of carboxylic acids is 1. The molecule has 3 atom stereocenters. The van der Waals surface area contributed by atoms with E-state index in [0.717, 1.165) is 0 Å². The van der Waals surface area contributed by atoms with Crippen LogP contribution in [0, 0.1) is 5.41 Å². The molecule has 0 aliphatic heterocycles. The van der Waals surface area contributed by atoms with Crippen molar-refractivity contribution in [1.29, 1.82) is 0 Å². The summed E-state index contributed by atoms with van der Waals surface area (Å²) in [7, 11) is 0. The lowest BCUT2D eigenvalue weighted by Crippen LogP contribution is -2.40. The van der Waals surface area contributed by atoms with Gasteiger partial charge in [0.1, 0.15) is 5.41 Å². The molecule has 0 fully saturated rings. The van der Waals surface area contributed by atoms with Gasteiger partial charge in [-0.05, 0) is 27.7 Å². The molecule has 0 aromatic rings.